The molecular weight excluding hydrogens is 394 g/mol. The van der Waals surface area contributed by atoms with Crippen LogP contribution in [0.25, 0.3) is 10.9 Å². The molecule has 0 bridgehead atoms. The normalized spacial score (nSPS) is 24.9. The molecule has 0 saturated heterocycles. The van der Waals surface area contributed by atoms with Crippen molar-refractivity contribution in [2.45, 2.75) is 57.0 Å². The summed E-state index contributed by atoms with van der Waals surface area (Å²) in [6.45, 7) is 2.96. The molecule has 0 amide bonds. The highest BCUT2D eigenvalue weighted by atomic mass is 19.3. The molecule has 160 valence electrons. The number of aromatic nitrogens is 1. The van der Waals surface area contributed by atoms with E-state index in [1.807, 2.05) is 24.4 Å². The molecule has 1 saturated carbocycles. The molecule has 3 atom stereocenters. The van der Waals surface area contributed by atoms with Gasteiger partial charge >= 0.3 is 0 Å². The molecule has 1 aliphatic carbocycles. The van der Waals surface area contributed by atoms with Crippen molar-refractivity contribution in [3.8, 4) is 5.75 Å². The number of nitrogens with zero attached hydrogens (tertiary/aromatic N) is 3. The molecular formula is C21H24F2N4O3. The third-order valence-electron chi connectivity index (χ3n) is 5.53. The summed E-state index contributed by atoms with van der Waals surface area (Å²) in [7, 11) is 0. The number of rotatable bonds is 5. The fourth-order valence-electron chi connectivity index (χ4n) is 3.92. The number of alkyl halides is 2. The van der Waals surface area contributed by atoms with E-state index in [2.05, 4.69) is 15.1 Å². The van der Waals surface area contributed by atoms with Crippen LogP contribution >= 0.6 is 0 Å². The minimum absolute atomic E-state index is 0.291. The quantitative estimate of drug-likeness (QED) is 0.442. The highest BCUT2D eigenvalue weighted by Gasteiger charge is 2.45. The number of fused-ring (bicyclic) bond motifs is 3. The molecule has 0 radical (unpaired) electrons. The number of aliphatic hydroxyl groups is 1. The zero-order chi connectivity index (χ0) is 21.3. The van der Waals surface area contributed by atoms with E-state index < -0.39 is 37.0 Å². The van der Waals surface area contributed by atoms with Gasteiger partial charge < -0.3 is 20.4 Å². The Morgan fingerprint density at radius 3 is 3.00 bits per heavy atom. The number of aliphatic hydroxyl groups excluding tert-OH is 1. The maximum atomic E-state index is 13.4. The van der Waals surface area contributed by atoms with Crippen LogP contribution in [0, 0.1) is 0 Å². The van der Waals surface area contributed by atoms with Crippen LogP contribution in [0.3, 0.4) is 0 Å². The molecule has 9 heteroatoms. The lowest BCUT2D eigenvalue weighted by Crippen LogP contribution is -2.28. The third-order valence-corrected chi connectivity index (χ3v) is 5.53. The Labute approximate surface area is 172 Å². The second kappa shape index (κ2) is 8.23. The second-order valence-electron chi connectivity index (χ2n) is 7.73. The Balaban J connectivity index is 1.50. The number of nitrogens with two attached hydrogens (primary N) is 1. The van der Waals surface area contributed by atoms with Crippen molar-refractivity contribution in [3.63, 3.8) is 0 Å². The van der Waals surface area contributed by atoms with E-state index in [1.54, 1.807) is 6.92 Å². The lowest BCUT2D eigenvalue weighted by atomic mass is 10.00. The van der Waals surface area contributed by atoms with Gasteiger partial charge in [-0.3, -0.25) is 9.98 Å². The molecule has 2 aromatic rings. The van der Waals surface area contributed by atoms with Crippen molar-refractivity contribution in [2.75, 3.05) is 6.61 Å². The second-order valence-corrected chi connectivity index (χ2v) is 7.73. The number of hydrazone groups is 1. The molecule has 1 aromatic carbocycles. The fraction of sp³-hybridized carbons (Fsp3) is 0.476. The molecule has 0 spiro atoms. The zero-order valence-corrected chi connectivity index (χ0v) is 16.6. The Morgan fingerprint density at radius 1 is 1.43 bits per heavy atom. The highest BCUT2D eigenvalue weighted by molar-refractivity contribution is 6.32. The number of hydrogen-bond donors (Lipinski definition) is 2. The third kappa shape index (κ3) is 4.27. The van der Waals surface area contributed by atoms with Crippen LogP contribution in [0.15, 0.2) is 34.5 Å². The maximum absolute atomic E-state index is 13.4. The van der Waals surface area contributed by atoms with Crippen molar-refractivity contribution >= 4 is 22.8 Å². The Kier molecular flexibility index (Phi) is 5.66. The van der Waals surface area contributed by atoms with Crippen LogP contribution in [0.2, 0.25) is 0 Å². The van der Waals surface area contributed by atoms with E-state index in [-0.39, 0.29) is 0 Å². The molecule has 7 nitrogen and oxygen atoms in total. The number of halogens is 2. The van der Waals surface area contributed by atoms with Gasteiger partial charge in [0.2, 0.25) is 0 Å². The minimum Gasteiger partial charge on any atom is -0.484 e. The number of benzene rings is 1. The van der Waals surface area contributed by atoms with Crippen molar-refractivity contribution in [3.05, 3.63) is 35.5 Å². The predicted molar refractivity (Wildman–Crippen MR) is 109 cm³/mol. The first-order valence-corrected chi connectivity index (χ1v) is 9.88. The summed E-state index contributed by atoms with van der Waals surface area (Å²) < 4.78 is 38.3. The summed E-state index contributed by atoms with van der Waals surface area (Å²) in [4.78, 5) is 8.54. The molecule has 30 heavy (non-hydrogen) atoms. The standard InChI is InChI=1S/C21H24F2N4O3/c1-12(19(27-24)10-26-18-7-21(22,23)8-20(18)28)30-14-2-3-17-16(6-14)15-4-5-29-11-13(15)9-25-17/h2-3,6,9-10,12,18,20,28H,4-5,7-8,11,24H2,1H3/b26-10?,27-19+. The van der Waals surface area contributed by atoms with Crippen LogP contribution < -0.4 is 10.6 Å². The van der Waals surface area contributed by atoms with Gasteiger partial charge in [0, 0.05) is 30.6 Å². The van der Waals surface area contributed by atoms with Gasteiger partial charge in [-0.1, -0.05) is 0 Å². The van der Waals surface area contributed by atoms with Gasteiger partial charge in [0.05, 0.1) is 30.9 Å². The van der Waals surface area contributed by atoms with Crippen LogP contribution in [0.4, 0.5) is 8.78 Å². The number of aliphatic imine (C=N–C) groups is 1. The van der Waals surface area contributed by atoms with Crippen molar-refractivity contribution < 1.29 is 23.4 Å². The lowest BCUT2D eigenvalue weighted by Gasteiger charge is -2.19. The van der Waals surface area contributed by atoms with Crippen LogP contribution in [-0.4, -0.2) is 52.8 Å². The van der Waals surface area contributed by atoms with Gasteiger partial charge in [-0.25, -0.2) is 8.78 Å². The van der Waals surface area contributed by atoms with E-state index in [0.29, 0.717) is 24.7 Å². The van der Waals surface area contributed by atoms with E-state index in [9.17, 15) is 13.9 Å². The SMILES string of the molecule is CC(Oc1ccc2ncc3c(c2c1)CCOC3)/C(C=NC1CC(F)(F)CC1O)=N/N. The van der Waals surface area contributed by atoms with Crippen molar-refractivity contribution in [2.24, 2.45) is 15.9 Å². The molecule has 2 heterocycles. The average molecular weight is 418 g/mol. The van der Waals surface area contributed by atoms with Gasteiger partial charge in [-0.2, -0.15) is 5.10 Å². The first-order chi connectivity index (χ1) is 14.4. The molecule has 4 rings (SSSR count). The van der Waals surface area contributed by atoms with Crippen molar-refractivity contribution in [1.29, 1.82) is 0 Å². The van der Waals surface area contributed by atoms with E-state index in [1.165, 1.54) is 11.8 Å². The Morgan fingerprint density at radius 2 is 2.27 bits per heavy atom. The van der Waals surface area contributed by atoms with Gasteiger partial charge in [-0.15, -0.1) is 0 Å². The maximum Gasteiger partial charge on any atom is 0.252 e. The summed E-state index contributed by atoms with van der Waals surface area (Å²) >= 11 is 0. The Hall–Kier alpha value is -2.65. The fourth-order valence-corrected chi connectivity index (χ4v) is 3.92. The first-order valence-electron chi connectivity index (χ1n) is 9.88. The molecule has 1 fully saturated rings. The van der Waals surface area contributed by atoms with E-state index in [0.717, 1.165) is 22.9 Å². The van der Waals surface area contributed by atoms with E-state index in [4.69, 9.17) is 15.3 Å². The molecule has 3 unspecified atom stereocenters. The molecule has 1 aromatic heterocycles. The zero-order valence-electron chi connectivity index (χ0n) is 16.6. The van der Waals surface area contributed by atoms with Gasteiger partial charge in [-0.05, 0) is 42.7 Å². The van der Waals surface area contributed by atoms with Crippen LogP contribution in [0.5, 0.6) is 5.75 Å². The summed E-state index contributed by atoms with van der Waals surface area (Å²) in [6, 6.07) is 4.74. The molecule has 3 N–H and O–H groups in total. The largest absolute Gasteiger partial charge is 0.484 e. The molecule has 1 aliphatic heterocycles. The monoisotopic (exact) mass is 418 g/mol. The predicted octanol–water partition coefficient (Wildman–Crippen LogP) is 2.62. The summed E-state index contributed by atoms with van der Waals surface area (Å²) in [5.74, 6) is 3.16. The number of pyridine rings is 1. The summed E-state index contributed by atoms with van der Waals surface area (Å²) in [6.07, 6.45) is 1.13. The van der Waals surface area contributed by atoms with Crippen molar-refractivity contribution in [1.82, 2.24) is 4.98 Å². The van der Waals surface area contributed by atoms with E-state index >= 15 is 0 Å². The number of hydrogen-bond acceptors (Lipinski definition) is 7. The van der Waals surface area contributed by atoms with Gasteiger partial charge in [0.1, 0.15) is 17.6 Å². The topological polar surface area (TPSA) is 102 Å². The highest BCUT2D eigenvalue weighted by Crippen LogP contribution is 2.36. The average Bonchev–Trinajstić information content (AvgIpc) is 2.99. The smallest absolute Gasteiger partial charge is 0.252 e. The van der Waals surface area contributed by atoms with Crippen LogP contribution in [-0.2, 0) is 17.8 Å². The first kappa shape index (κ1) is 20.6. The van der Waals surface area contributed by atoms with Gasteiger partial charge in [0.15, 0.2) is 0 Å². The number of ether oxygens (including phenoxy) is 2. The Bertz CT molecular complexity index is 996. The van der Waals surface area contributed by atoms with Crippen LogP contribution in [0.1, 0.15) is 30.9 Å². The molecule has 2 aliphatic rings. The van der Waals surface area contributed by atoms with Gasteiger partial charge in [0.25, 0.3) is 5.92 Å². The lowest BCUT2D eigenvalue weighted by molar-refractivity contribution is -0.00355. The summed E-state index contributed by atoms with van der Waals surface area (Å²) in [5.41, 5.74) is 3.44. The summed E-state index contributed by atoms with van der Waals surface area (Å²) in [5, 5.41) is 14.5. The minimum atomic E-state index is -2.91.